The zero-order valence-electron chi connectivity index (χ0n) is 8.44. The first kappa shape index (κ1) is 11.4. The molecule has 0 aliphatic carbocycles. The summed E-state index contributed by atoms with van der Waals surface area (Å²) in [6.45, 7) is -0.288. The average molecular weight is 244 g/mol. The Morgan fingerprint density at radius 1 is 1.41 bits per heavy atom. The molecular formula is C10H7F3N2O2. The van der Waals surface area contributed by atoms with Crippen molar-refractivity contribution in [1.29, 1.82) is 0 Å². The van der Waals surface area contributed by atoms with Crippen molar-refractivity contribution in [2.45, 2.75) is 12.7 Å². The van der Waals surface area contributed by atoms with E-state index in [1.165, 1.54) is 18.4 Å². The minimum atomic E-state index is -4.50. The number of nitrogens with zero attached hydrogens (tertiary/aromatic N) is 2. The fraction of sp³-hybridized carbons (Fsp3) is 0.200. The molecule has 0 saturated carbocycles. The van der Waals surface area contributed by atoms with Crippen LogP contribution in [0.5, 0.6) is 0 Å². The summed E-state index contributed by atoms with van der Waals surface area (Å²) in [5.41, 5.74) is -1.02. The summed E-state index contributed by atoms with van der Waals surface area (Å²) in [6, 6.07) is 3.78. The molecule has 0 amide bonds. The van der Waals surface area contributed by atoms with Crippen LogP contribution in [0.25, 0.3) is 0 Å². The SMILES string of the molecule is O=C(Cn1ccc(C(F)(F)F)n1)c1ccco1. The summed E-state index contributed by atoms with van der Waals surface area (Å²) < 4.78 is 42.5. The minimum absolute atomic E-state index is 0.0917. The molecule has 2 rings (SSSR count). The van der Waals surface area contributed by atoms with Crippen molar-refractivity contribution < 1.29 is 22.4 Å². The van der Waals surface area contributed by atoms with Crippen LogP contribution in [0.15, 0.2) is 35.1 Å². The Morgan fingerprint density at radius 3 is 2.71 bits per heavy atom. The Labute approximate surface area is 93.6 Å². The van der Waals surface area contributed by atoms with E-state index in [2.05, 4.69) is 5.10 Å². The Bertz CT molecular complexity index is 514. The fourth-order valence-corrected chi connectivity index (χ4v) is 1.26. The molecule has 0 spiro atoms. The smallest absolute Gasteiger partial charge is 0.435 e. The molecule has 0 N–H and O–H groups in total. The van der Waals surface area contributed by atoms with Crippen molar-refractivity contribution in [2.24, 2.45) is 0 Å². The second-order valence-corrected chi connectivity index (χ2v) is 3.30. The van der Waals surface area contributed by atoms with Crippen molar-refractivity contribution in [3.8, 4) is 0 Å². The van der Waals surface area contributed by atoms with Crippen LogP contribution in [0.3, 0.4) is 0 Å². The van der Waals surface area contributed by atoms with E-state index in [-0.39, 0.29) is 12.3 Å². The van der Waals surface area contributed by atoms with Gasteiger partial charge in [0, 0.05) is 6.20 Å². The topological polar surface area (TPSA) is 48.0 Å². The number of carbonyl (C=O) groups excluding carboxylic acids is 1. The monoisotopic (exact) mass is 244 g/mol. The zero-order valence-corrected chi connectivity index (χ0v) is 8.44. The number of aromatic nitrogens is 2. The molecule has 2 aromatic heterocycles. The number of halogens is 3. The normalized spacial score (nSPS) is 11.7. The van der Waals surface area contributed by atoms with Crippen LogP contribution in [0.4, 0.5) is 13.2 Å². The van der Waals surface area contributed by atoms with E-state index < -0.39 is 17.7 Å². The minimum Gasteiger partial charge on any atom is -0.461 e. The molecule has 0 aliphatic heterocycles. The number of furan rings is 1. The van der Waals surface area contributed by atoms with Gasteiger partial charge >= 0.3 is 6.18 Å². The maximum Gasteiger partial charge on any atom is 0.435 e. The van der Waals surface area contributed by atoms with Gasteiger partial charge in [0.2, 0.25) is 5.78 Å². The van der Waals surface area contributed by atoms with Crippen molar-refractivity contribution >= 4 is 5.78 Å². The van der Waals surface area contributed by atoms with Crippen molar-refractivity contribution in [3.63, 3.8) is 0 Å². The quantitative estimate of drug-likeness (QED) is 0.779. The van der Waals surface area contributed by atoms with Crippen LogP contribution < -0.4 is 0 Å². The van der Waals surface area contributed by atoms with Crippen LogP contribution >= 0.6 is 0 Å². The first-order valence-electron chi connectivity index (χ1n) is 4.64. The summed E-state index contributed by atoms with van der Waals surface area (Å²) in [5, 5.41) is 3.26. The Hall–Kier alpha value is -2.05. The third-order valence-corrected chi connectivity index (χ3v) is 2.03. The fourth-order valence-electron chi connectivity index (χ4n) is 1.26. The summed E-state index contributed by atoms with van der Waals surface area (Å²) in [7, 11) is 0. The number of Topliss-reactive ketones (excluding diaryl/α,β-unsaturated/α-hetero) is 1. The van der Waals surface area contributed by atoms with Gasteiger partial charge in [-0.05, 0) is 18.2 Å². The summed E-state index contributed by atoms with van der Waals surface area (Å²) in [4.78, 5) is 11.5. The molecule has 0 aliphatic rings. The predicted molar refractivity (Wildman–Crippen MR) is 50.3 cm³/mol. The van der Waals surface area contributed by atoms with Gasteiger partial charge < -0.3 is 4.42 Å². The van der Waals surface area contributed by atoms with Crippen LogP contribution in [0, 0.1) is 0 Å². The van der Waals surface area contributed by atoms with Crippen molar-refractivity contribution in [3.05, 3.63) is 42.1 Å². The molecule has 0 atom stereocenters. The van der Waals surface area contributed by atoms with Gasteiger partial charge in [-0.15, -0.1) is 0 Å². The van der Waals surface area contributed by atoms with Gasteiger partial charge in [-0.2, -0.15) is 18.3 Å². The highest BCUT2D eigenvalue weighted by Gasteiger charge is 2.33. The number of alkyl halides is 3. The Balaban J connectivity index is 2.10. The van der Waals surface area contributed by atoms with E-state index in [4.69, 9.17) is 4.42 Å². The summed E-state index contributed by atoms with van der Waals surface area (Å²) in [5.74, 6) is -0.346. The number of carbonyl (C=O) groups is 1. The first-order chi connectivity index (χ1) is 7.97. The molecule has 7 heteroatoms. The Kier molecular flexibility index (Phi) is 2.74. The maximum atomic E-state index is 12.2. The molecular weight excluding hydrogens is 237 g/mol. The van der Waals surface area contributed by atoms with Crippen LogP contribution in [-0.2, 0) is 12.7 Å². The molecule has 0 radical (unpaired) electrons. The van der Waals surface area contributed by atoms with Crippen molar-refractivity contribution in [2.75, 3.05) is 0 Å². The molecule has 4 nitrogen and oxygen atoms in total. The molecule has 0 unspecified atom stereocenters. The van der Waals surface area contributed by atoms with E-state index in [1.807, 2.05) is 0 Å². The van der Waals surface area contributed by atoms with Crippen LogP contribution in [0.2, 0.25) is 0 Å². The molecule has 2 heterocycles. The van der Waals surface area contributed by atoms with Crippen molar-refractivity contribution in [1.82, 2.24) is 9.78 Å². The van der Waals surface area contributed by atoms with E-state index in [0.29, 0.717) is 0 Å². The number of ketones is 1. The lowest BCUT2D eigenvalue weighted by atomic mass is 10.3. The highest BCUT2D eigenvalue weighted by atomic mass is 19.4. The average Bonchev–Trinajstić information content (AvgIpc) is 2.85. The van der Waals surface area contributed by atoms with E-state index >= 15 is 0 Å². The lowest BCUT2D eigenvalue weighted by Gasteiger charge is -2.01. The third kappa shape index (κ3) is 2.55. The molecule has 0 saturated heterocycles. The van der Waals surface area contributed by atoms with Gasteiger partial charge in [-0.25, -0.2) is 0 Å². The van der Waals surface area contributed by atoms with Gasteiger partial charge in [-0.1, -0.05) is 0 Å². The highest BCUT2D eigenvalue weighted by Crippen LogP contribution is 2.27. The molecule has 90 valence electrons. The number of rotatable bonds is 3. The number of hydrogen-bond donors (Lipinski definition) is 0. The molecule has 0 aromatic carbocycles. The van der Waals surface area contributed by atoms with E-state index in [9.17, 15) is 18.0 Å². The van der Waals surface area contributed by atoms with E-state index in [0.717, 1.165) is 16.9 Å². The number of hydrogen-bond acceptors (Lipinski definition) is 3. The molecule has 0 bridgehead atoms. The molecule has 2 aromatic rings. The Morgan fingerprint density at radius 2 is 2.18 bits per heavy atom. The van der Waals surface area contributed by atoms with E-state index in [1.54, 1.807) is 0 Å². The lowest BCUT2D eigenvalue weighted by molar-refractivity contribution is -0.141. The first-order valence-corrected chi connectivity index (χ1v) is 4.64. The van der Waals surface area contributed by atoms with Crippen LogP contribution in [-0.4, -0.2) is 15.6 Å². The summed E-state index contributed by atoms with van der Waals surface area (Å²) in [6.07, 6.45) is -2.08. The lowest BCUT2D eigenvalue weighted by Crippen LogP contribution is -2.12. The summed E-state index contributed by atoms with van der Waals surface area (Å²) >= 11 is 0. The largest absolute Gasteiger partial charge is 0.461 e. The third-order valence-electron chi connectivity index (χ3n) is 2.03. The van der Waals surface area contributed by atoms with Gasteiger partial charge in [-0.3, -0.25) is 9.48 Å². The van der Waals surface area contributed by atoms with Gasteiger partial charge in [0.05, 0.1) is 6.26 Å². The second kappa shape index (κ2) is 4.08. The van der Waals surface area contributed by atoms with Gasteiger partial charge in [0.1, 0.15) is 6.54 Å². The van der Waals surface area contributed by atoms with Gasteiger partial charge in [0.15, 0.2) is 11.5 Å². The predicted octanol–water partition coefficient (Wildman–Crippen LogP) is 2.38. The zero-order chi connectivity index (χ0) is 12.5. The molecule has 17 heavy (non-hydrogen) atoms. The maximum absolute atomic E-state index is 12.2. The van der Waals surface area contributed by atoms with Gasteiger partial charge in [0.25, 0.3) is 0 Å². The molecule has 0 fully saturated rings. The van der Waals surface area contributed by atoms with Crippen LogP contribution in [0.1, 0.15) is 16.2 Å². The standard InChI is InChI=1S/C10H7F3N2O2/c11-10(12,13)9-3-4-15(14-9)6-7(16)8-2-1-5-17-8/h1-5H,6H2. The highest BCUT2D eigenvalue weighted by molar-refractivity contribution is 5.93. The second-order valence-electron chi connectivity index (χ2n) is 3.30.